The lowest BCUT2D eigenvalue weighted by Crippen LogP contribution is -2.46. The second-order valence-corrected chi connectivity index (χ2v) is 11.1. The lowest BCUT2D eigenvalue weighted by Gasteiger charge is -2.34. The largest absolute Gasteiger partial charge is 0.459 e. The molecule has 0 radical (unpaired) electrons. The van der Waals surface area contributed by atoms with Gasteiger partial charge in [-0.1, -0.05) is 78.9 Å². The molecule has 3 aromatic carbocycles. The van der Waals surface area contributed by atoms with Gasteiger partial charge in [-0.05, 0) is 48.6 Å². The number of benzene rings is 3. The molecule has 0 aromatic heterocycles. The van der Waals surface area contributed by atoms with Crippen molar-refractivity contribution in [1.29, 1.82) is 0 Å². The zero-order valence-corrected chi connectivity index (χ0v) is 23.2. The molecule has 0 N–H and O–H groups in total. The molecule has 40 heavy (non-hydrogen) atoms. The number of ether oxygens (including phenoxy) is 3. The van der Waals surface area contributed by atoms with Gasteiger partial charge in [-0.2, -0.15) is 0 Å². The molecule has 208 valence electrons. The number of hydrogen-bond donors (Lipinski definition) is 0. The molecule has 1 saturated heterocycles. The third kappa shape index (κ3) is 5.39. The summed E-state index contributed by atoms with van der Waals surface area (Å²) >= 11 is 0. The first-order valence-electron chi connectivity index (χ1n) is 13.4. The molecule has 2 atom stereocenters. The van der Waals surface area contributed by atoms with E-state index in [0.717, 1.165) is 27.8 Å². The number of carbonyl (C=O) groups is 3. The summed E-state index contributed by atoms with van der Waals surface area (Å²) < 4.78 is 16.6. The number of nitrogens with zero attached hydrogens (tertiary/aromatic N) is 2. The molecule has 1 heterocycles. The van der Waals surface area contributed by atoms with Crippen LogP contribution in [0.2, 0.25) is 0 Å². The molecule has 1 fully saturated rings. The van der Waals surface area contributed by atoms with E-state index in [1.807, 2.05) is 78.9 Å². The van der Waals surface area contributed by atoms with Crippen molar-refractivity contribution in [3.8, 4) is 11.1 Å². The predicted molar refractivity (Wildman–Crippen MR) is 149 cm³/mol. The molecule has 0 unspecified atom stereocenters. The van der Waals surface area contributed by atoms with E-state index in [0.29, 0.717) is 0 Å². The Morgan fingerprint density at radius 2 is 1.45 bits per heavy atom. The Morgan fingerprint density at radius 1 is 0.875 bits per heavy atom. The summed E-state index contributed by atoms with van der Waals surface area (Å²) in [6, 6.07) is 23.4. The molecular weight excluding hydrogens is 508 g/mol. The number of fused-ring (bicyclic) bond motifs is 3. The maximum Gasteiger partial charge on any atom is 0.411 e. The Kier molecular flexibility index (Phi) is 7.52. The van der Waals surface area contributed by atoms with Gasteiger partial charge in [0.1, 0.15) is 18.2 Å². The molecule has 0 saturated carbocycles. The Bertz CT molecular complexity index is 1350. The molecular formula is C32H34N2O6. The second kappa shape index (κ2) is 11.0. The van der Waals surface area contributed by atoms with E-state index in [9.17, 15) is 14.4 Å². The Balaban J connectivity index is 1.48. The summed E-state index contributed by atoms with van der Waals surface area (Å²) in [5.41, 5.74) is 4.08. The molecule has 5 rings (SSSR count). The minimum Gasteiger partial charge on any atom is -0.459 e. The summed E-state index contributed by atoms with van der Waals surface area (Å²) in [5, 5.41) is 0. The smallest absolute Gasteiger partial charge is 0.411 e. The highest BCUT2D eigenvalue weighted by Gasteiger charge is 2.49. The summed E-state index contributed by atoms with van der Waals surface area (Å²) in [6.07, 6.45) is -0.986. The van der Waals surface area contributed by atoms with Crippen LogP contribution in [-0.4, -0.2) is 59.3 Å². The van der Waals surface area contributed by atoms with Gasteiger partial charge in [-0.25, -0.2) is 14.4 Å². The van der Waals surface area contributed by atoms with Gasteiger partial charge in [-0.3, -0.25) is 9.80 Å². The fourth-order valence-electron chi connectivity index (χ4n) is 5.59. The normalized spacial score (nSPS) is 18.1. The number of carbonyl (C=O) groups excluding carboxylic acids is 3. The van der Waals surface area contributed by atoms with Crippen molar-refractivity contribution in [3.63, 3.8) is 0 Å². The first kappa shape index (κ1) is 27.2. The van der Waals surface area contributed by atoms with E-state index in [2.05, 4.69) is 0 Å². The molecule has 2 amide bonds. The van der Waals surface area contributed by atoms with Gasteiger partial charge >= 0.3 is 18.2 Å². The van der Waals surface area contributed by atoms with Gasteiger partial charge in [-0.15, -0.1) is 0 Å². The van der Waals surface area contributed by atoms with E-state index in [-0.39, 0.29) is 19.6 Å². The van der Waals surface area contributed by atoms with Gasteiger partial charge in [0, 0.05) is 13.0 Å². The average molecular weight is 543 g/mol. The number of rotatable bonds is 5. The highest BCUT2D eigenvalue weighted by Crippen LogP contribution is 2.48. The summed E-state index contributed by atoms with van der Waals surface area (Å²) in [7, 11) is 1.34. The topological polar surface area (TPSA) is 85.4 Å². The van der Waals surface area contributed by atoms with Crippen LogP contribution >= 0.6 is 0 Å². The highest BCUT2D eigenvalue weighted by molar-refractivity contribution is 5.84. The summed E-state index contributed by atoms with van der Waals surface area (Å²) in [6.45, 7) is 5.49. The minimum absolute atomic E-state index is 0.0765. The molecule has 8 heteroatoms. The van der Waals surface area contributed by atoms with Gasteiger partial charge in [0.05, 0.1) is 19.2 Å². The third-order valence-electron chi connectivity index (χ3n) is 7.26. The van der Waals surface area contributed by atoms with Crippen LogP contribution in [0.25, 0.3) is 11.1 Å². The Labute approximate surface area is 234 Å². The Morgan fingerprint density at radius 3 is 2.02 bits per heavy atom. The number of amides is 2. The fourth-order valence-corrected chi connectivity index (χ4v) is 5.59. The van der Waals surface area contributed by atoms with Gasteiger partial charge in [0.2, 0.25) is 0 Å². The standard InChI is InChI=1S/C32H34N2O6/c1-32(2,3)40-30(36)33-19-22(18-27(33)29(35)39-20-21-12-6-5-7-13-21)34(31(37)38-4)28-25-16-10-8-14-23(25)24-15-9-11-17-26(24)28/h5-17,22,27-28H,18-20H2,1-4H3/t22-,27-/m0/s1. The van der Waals surface area contributed by atoms with Crippen LogP contribution in [0.3, 0.4) is 0 Å². The molecule has 3 aromatic rings. The summed E-state index contributed by atoms with van der Waals surface area (Å²) in [5.74, 6) is -0.547. The number of methoxy groups -OCH3 is 1. The van der Waals surface area contributed by atoms with Crippen molar-refractivity contribution in [2.75, 3.05) is 13.7 Å². The van der Waals surface area contributed by atoms with Gasteiger partial charge < -0.3 is 14.2 Å². The van der Waals surface area contributed by atoms with Crippen LogP contribution in [0, 0.1) is 0 Å². The Hall–Kier alpha value is -4.33. The van der Waals surface area contributed by atoms with E-state index < -0.39 is 41.9 Å². The zero-order chi connectivity index (χ0) is 28.4. The van der Waals surface area contributed by atoms with Crippen LogP contribution in [0.15, 0.2) is 78.9 Å². The van der Waals surface area contributed by atoms with Crippen LogP contribution in [0.4, 0.5) is 9.59 Å². The lowest BCUT2D eigenvalue weighted by molar-refractivity contribution is -0.150. The van der Waals surface area contributed by atoms with Crippen LogP contribution < -0.4 is 0 Å². The van der Waals surface area contributed by atoms with Crippen molar-refractivity contribution in [1.82, 2.24) is 9.80 Å². The number of hydrogen-bond acceptors (Lipinski definition) is 6. The number of esters is 1. The monoisotopic (exact) mass is 542 g/mol. The van der Waals surface area contributed by atoms with Crippen LogP contribution in [0.5, 0.6) is 0 Å². The molecule has 1 aliphatic carbocycles. The first-order chi connectivity index (χ1) is 19.2. The van der Waals surface area contributed by atoms with Gasteiger partial charge in [0.25, 0.3) is 0 Å². The van der Waals surface area contributed by atoms with Crippen molar-refractivity contribution in [2.24, 2.45) is 0 Å². The summed E-state index contributed by atoms with van der Waals surface area (Å²) in [4.78, 5) is 43.2. The van der Waals surface area contributed by atoms with Crippen molar-refractivity contribution in [2.45, 2.75) is 57.5 Å². The first-order valence-corrected chi connectivity index (χ1v) is 13.4. The van der Waals surface area contributed by atoms with E-state index in [4.69, 9.17) is 14.2 Å². The molecule has 2 aliphatic rings. The van der Waals surface area contributed by atoms with Crippen molar-refractivity contribution >= 4 is 18.2 Å². The fraction of sp³-hybridized carbons (Fsp3) is 0.344. The van der Waals surface area contributed by atoms with E-state index in [1.54, 1.807) is 25.7 Å². The van der Waals surface area contributed by atoms with Crippen molar-refractivity contribution in [3.05, 3.63) is 95.6 Å². The number of likely N-dealkylation sites (tertiary alicyclic amines) is 1. The molecule has 0 bridgehead atoms. The maximum atomic E-state index is 13.5. The second-order valence-electron chi connectivity index (χ2n) is 11.1. The quantitative estimate of drug-likeness (QED) is 0.293. The minimum atomic E-state index is -0.928. The van der Waals surface area contributed by atoms with Crippen LogP contribution in [-0.2, 0) is 25.6 Å². The molecule has 1 aliphatic heterocycles. The van der Waals surface area contributed by atoms with Gasteiger partial charge in [0.15, 0.2) is 0 Å². The van der Waals surface area contributed by atoms with Crippen molar-refractivity contribution < 1.29 is 28.6 Å². The molecule has 0 spiro atoms. The van der Waals surface area contributed by atoms with Crippen LogP contribution in [0.1, 0.15) is 49.9 Å². The SMILES string of the molecule is COC(=O)N(C1c2ccccc2-c2ccccc21)[C@H]1C[C@@H](C(=O)OCc2ccccc2)N(C(=O)OC(C)(C)C)C1. The van der Waals surface area contributed by atoms with E-state index in [1.165, 1.54) is 12.0 Å². The average Bonchev–Trinajstić information content (AvgIpc) is 3.52. The third-order valence-corrected chi connectivity index (χ3v) is 7.26. The highest BCUT2D eigenvalue weighted by atomic mass is 16.6. The predicted octanol–water partition coefficient (Wildman–Crippen LogP) is 5.95. The zero-order valence-electron chi connectivity index (χ0n) is 23.2. The lowest BCUT2D eigenvalue weighted by atomic mass is 10.0. The molecule has 8 nitrogen and oxygen atoms in total. The van der Waals surface area contributed by atoms with E-state index >= 15 is 0 Å². The maximum absolute atomic E-state index is 13.5.